The van der Waals surface area contributed by atoms with Gasteiger partial charge >= 0.3 is 0 Å². The minimum Gasteiger partial charge on any atom is -0.220 e. The maximum Gasteiger partial charge on any atom is 0.266 e. The number of aromatic nitrogens is 2. The molecule has 0 aliphatic rings. The molecule has 108 valence electrons. The van der Waals surface area contributed by atoms with Gasteiger partial charge in [-0.15, -0.1) is 0 Å². The lowest BCUT2D eigenvalue weighted by molar-refractivity contribution is 0.608. The average Bonchev–Trinajstić information content (AvgIpc) is 2.66. The van der Waals surface area contributed by atoms with Crippen molar-refractivity contribution in [2.45, 2.75) is 25.2 Å². The fourth-order valence-corrected chi connectivity index (χ4v) is 4.29. The number of aryl methyl sites for hydroxylation is 2. The fraction of sp³-hybridized carbons (Fsp3) is 0.250. The molecule has 0 amide bonds. The van der Waals surface area contributed by atoms with E-state index in [-0.39, 0.29) is 10.0 Å². The van der Waals surface area contributed by atoms with Crippen molar-refractivity contribution in [3.8, 4) is 5.69 Å². The van der Waals surface area contributed by atoms with Crippen LogP contribution in [0, 0.1) is 6.92 Å². The molecular weight excluding hydrogens is 387 g/mol. The Morgan fingerprint density at radius 1 is 1.40 bits per heavy atom. The summed E-state index contributed by atoms with van der Waals surface area (Å²) in [6.07, 6.45) is 0.420. The Kier molecular flexibility index (Phi) is 4.49. The summed E-state index contributed by atoms with van der Waals surface area (Å²) in [5, 5.41) is 4.26. The number of rotatable bonds is 3. The number of hydrogen-bond donors (Lipinski definition) is 0. The predicted octanol–water partition coefficient (Wildman–Crippen LogP) is 4.09. The van der Waals surface area contributed by atoms with Crippen molar-refractivity contribution >= 4 is 47.3 Å². The van der Waals surface area contributed by atoms with Crippen molar-refractivity contribution in [1.29, 1.82) is 0 Å². The van der Waals surface area contributed by atoms with Crippen molar-refractivity contribution in [1.82, 2.24) is 9.78 Å². The third-order valence-electron chi connectivity index (χ3n) is 2.82. The van der Waals surface area contributed by atoms with Crippen molar-refractivity contribution in [2.24, 2.45) is 0 Å². The second-order valence-electron chi connectivity index (χ2n) is 4.20. The van der Waals surface area contributed by atoms with E-state index in [0.29, 0.717) is 17.8 Å². The van der Waals surface area contributed by atoms with Gasteiger partial charge in [0.25, 0.3) is 9.05 Å². The quantitative estimate of drug-likeness (QED) is 0.733. The molecule has 0 unspecified atom stereocenters. The highest BCUT2D eigenvalue weighted by Gasteiger charge is 2.26. The first kappa shape index (κ1) is 15.8. The molecule has 20 heavy (non-hydrogen) atoms. The molecule has 4 nitrogen and oxygen atoms in total. The maximum absolute atomic E-state index is 11.6. The highest BCUT2D eigenvalue weighted by Crippen LogP contribution is 2.32. The van der Waals surface area contributed by atoms with Crippen molar-refractivity contribution in [2.75, 3.05) is 0 Å². The lowest BCUT2D eigenvalue weighted by atomic mass is 10.2. The maximum atomic E-state index is 11.6. The van der Waals surface area contributed by atoms with Crippen molar-refractivity contribution in [3.05, 3.63) is 39.1 Å². The monoisotopic (exact) mass is 396 g/mol. The summed E-state index contributed by atoms with van der Waals surface area (Å²) in [5.74, 6) is 0. The van der Waals surface area contributed by atoms with Crippen LogP contribution in [0.4, 0.5) is 0 Å². The van der Waals surface area contributed by atoms with Gasteiger partial charge in [0, 0.05) is 15.2 Å². The van der Waals surface area contributed by atoms with Gasteiger partial charge in [-0.05, 0) is 37.1 Å². The first-order chi connectivity index (χ1) is 9.25. The second-order valence-corrected chi connectivity index (χ2v) is 7.98. The van der Waals surface area contributed by atoms with Gasteiger partial charge < -0.3 is 0 Å². The van der Waals surface area contributed by atoms with Crippen LogP contribution in [0.2, 0.25) is 5.15 Å². The van der Waals surface area contributed by atoms with E-state index in [1.54, 1.807) is 6.92 Å². The third kappa shape index (κ3) is 2.88. The van der Waals surface area contributed by atoms with Gasteiger partial charge in [0.15, 0.2) is 5.15 Å². The van der Waals surface area contributed by atoms with Gasteiger partial charge in [0.1, 0.15) is 4.90 Å². The zero-order valence-electron chi connectivity index (χ0n) is 10.7. The van der Waals surface area contributed by atoms with Crippen molar-refractivity contribution < 1.29 is 8.42 Å². The van der Waals surface area contributed by atoms with Crippen LogP contribution in [0.15, 0.2) is 27.6 Å². The molecule has 1 aromatic heterocycles. The van der Waals surface area contributed by atoms with Crippen LogP contribution in [0.1, 0.15) is 18.2 Å². The Bertz CT molecular complexity index is 772. The van der Waals surface area contributed by atoms with E-state index in [4.69, 9.17) is 22.3 Å². The summed E-state index contributed by atoms with van der Waals surface area (Å²) in [6, 6.07) is 5.54. The summed E-state index contributed by atoms with van der Waals surface area (Å²) in [5.41, 5.74) is 1.97. The molecule has 0 fully saturated rings. The van der Waals surface area contributed by atoms with Crippen LogP contribution in [0.25, 0.3) is 5.69 Å². The van der Waals surface area contributed by atoms with Crippen LogP contribution >= 0.6 is 38.2 Å². The van der Waals surface area contributed by atoms with Gasteiger partial charge in [-0.1, -0.05) is 34.5 Å². The van der Waals surface area contributed by atoms with E-state index in [1.807, 2.05) is 25.1 Å². The summed E-state index contributed by atoms with van der Waals surface area (Å²) in [4.78, 5) is -0.120. The lowest BCUT2D eigenvalue weighted by Gasteiger charge is -2.07. The van der Waals surface area contributed by atoms with Crippen LogP contribution < -0.4 is 0 Å². The Balaban J connectivity index is 2.74. The Labute approximate surface area is 135 Å². The predicted molar refractivity (Wildman–Crippen MR) is 83.4 cm³/mol. The number of nitrogens with zero attached hydrogens (tertiary/aromatic N) is 2. The molecule has 1 heterocycles. The first-order valence-electron chi connectivity index (χ1n) is 5.74. The SMILES string of the molecule is CCc1nn(-c2ccc(Br)cc2C)c(Cl)c1S(=O)(=O)Cl. The number of halogens is 3. The molecule has 1 aromatic carbocycles. The fourth-order valence-electron chi connectivity index (χ4n) is 1.91. The summed E-state index contributed by atoms with van der Waals surface area (Å²) < 4.78 is 25.6. The van der Waals surface area contributed by atoms with Crippen LogP contribution in [0.3, 0.4) is 0 Å². The molecule has 0 aliphatic heterocycles. The van der Waals surface area contributed by atoms with Crippen molar-refractivity contribution in [3.63, 3.8) is 0 Å². The smallest absolute Gasteiger partial charge is 0.220 e. The van der Waals surface area contributed by atoms with Gasteiger partial charge in [0.05, 0.1) is 11.4 Å². The molecule has 0 radical (unpaired) electrons. The summed E-state index contributed by atoms with van der Waals surface area (Å²) in [6.45, 7) is 3.68. The standard InChI is InChI=1S/C12H11BrCl2N2O2S/c1-3-9-11(20(15,18)19)12(14)17(16-9)10-5-4-8(13)6-7(10)2/h4-6H,3H2,1-2H3. The van der Waals surface area contributed by atoms with E-state index < -0.39 is 9.05 Å². The van der Waals surface area contributed by atoms with E-state index in [2.05, 4.69) is 21.0 Å². The van der Waals surface area contributed by atoms with Gasteiger partial charge in [-0.2, -0.15) is 5.10 Å². The summed E-state index contributed by atoms with van der Waals surface area (Å²) in [7, 11) is 1.50. The van der Waals surface area contributed by atoms with Crippen LogP contribution in [0.5, 0.6) is 0 Å². The van der Waals surface area contributed by atoms with Crippen LogP contribution in [-0.2, 0) is 15.5 Å². The minimum absolute atomic E-state index is 0.00210. The van der Waals surface area contributed by atoms with Gasteiger partial charge in [0.2, 0.25) is 0 Å². The van der Waals surface area contributed by atoms with Crippen LogP contribution in [-0.4, -0.2) is 18.2 Å². The average molecular weight is 398 g/mol. The molecule has 0 aliphatic carbocycles. The van der Waals surface area contributed by atoms with Gasteiger partial charge in [-0.3, -0.25) is 0 Å². The highest BCUT2D eigenvalue weighted by atomic mass is 79.9. The third-order valence-corrected chi connectivity index (χ3v) is 5.16. The molecule has 0 bridgehead atoms. The van der Waals surface area contributed by atoms with E-state index in [9.17, 15) is 8.42 Å². The molecule has 0 spiro atoms. The number of hydrogen-bond acceptors (Lipinski definition) is 3. The first-order valence-corrected chi connectivity index (χ1v) is 9.22. The Morgan fingerprint density at radius 2 is 2.05 bits per heavy atom. The highest BCUT2D eigenvalue weighted by molar-refractivity contribution is 9.10. The zero-order valence-corrected chi connectivity index (χ0v) is 14.6. The molecule has 0 atom stereocenters. The van der Waals surface area contributed by atoms with E-state index >= 15 is 0 Å². The molecule has 2 rings (SSSR count). The Hall–Kier alpha value is -0.560. The largest absolute Gasteiger partial charge is 0.266 e. The molecule has 0 saturated heterocycles. The normalized spacial score (nSPS) is 11.8. The summed E-state index contributed by atoms with van der Waals surface area (Å²) >= 11 is 9.54. The molecule has 0 saturated carbocycles. The van der Waals surface area contributed by atoms with E-state index in [1.165, 1.54) is 4.68 Å². The zero-order chi connectivity index (χ0) is 15.1. The minimum atomic E-state index is -3.94. The topological polar surface area (TPSA) is 52.0 Å². The molecule has 2 aromatic rings. The lowest BCUT2D eigenvalue weighted by Crippen LogP contribution is -2.00. The number of benzene rings is 1. The molecule has 8 heteroatoms. The Morgan fingerprint density at radius 3 is 2.50 bits per heavy atom. The second kappa shape index (κ2) is 5.67. The molecule has 0 N–H and O–H groups in total. The van der Waals surface area contributed by atoms with Gasteiger partial charge in [-0.25, -0.2) is 13.1 Å². The van der Waals surface area contributed by atoms with E-state index in [0.717, 1.165) is 10.0 Å². The molecular formula is C12H11BrCl2N2O2S.